The van der Waals surface area contributed by atoms with Crippen LogP contribution in [0.4, 0.5) is 0 Å². The molecule has 6 aliphatic rings. The van der Waals surface area contributed by atoms with E-state index in [1.54, 1.807) is 85.5 Å². The van der Waals surface area contributed by atoms with Crippen molar-refractivity contribution in [1.82, 2.24) is 9.97 Å². The molecule has 0 bridgehead atoms. The summed E-state index contributed by atoms with van der Waals surface area (Å²) in [5.74, 6) is -1.55. The number of pyridine rings is 2. The van der Waals surface area contributed by atoms with Crippen LogP contribution in [0, 0.1) is 68.5 Å². The van der Waals surface area contributed by atoms with Gasteiger partial charge in [-0.05, 0) is 135 Å². The van der Waals surface area contributed by atoms with E-state index in [4.69, 9.17) is 32.5 Å². The van der Waals surface area contributed by atoms with Crippen LogP contribution < -0.4 is 20.7 Å². The molecule has 5 aromatic rings. The Kier molecular flexibility index (Phi) is 16.6. The zero-order valence-electron chi connectivity index (χ0n) is 48.5. The molecule has 83 heavy (non-hydrogen) atoms. The van der Waals surface area contributed by atoms with Crippen LogP contribution in [0.5, 0.6) is 11.5 Å². The molecule has 0 saturated heterocycles. The Morgan fingerprint density at radius 2 is 1.12 bits per heavy atom. The van der Waals surface area contributed by atoms with Crippen molar-refractivity contribution in [2.24, 2.45) is 57.2 Å². The van der Waals surface area contributed by atoms with E-state index in [0.717, 1.165) is 19.3 Å². The third-order valence-corrected chi connectivity index (χ3v) is 20.9. The van der Waals surface area contributed by atoms with E-state index < -0.39 is 86.3 Å². The average Bonchev–Trinajstić information content (AvgIpc) is 1.61. The van der Waals surface area contributed by atoms with Gasteiger partial charge in [-0.2, -0.15) is 5.26 Å². The Bertz CT molecular complexity index is 3440. The highest BCUT2D eigenvalue weighted by Gasteiger charge is 2.71. The zero-order chi connectivity index (χ0) is 59.1. The van der Waals surface area contributed by atoms with E-state index >= 15 is 0 Å². The molecular weight excluding hydrogens is 1180 g/mol. The Balaban J connectivity index is 0.000000203. The molecule has 442 valence electrons. The minimum Gasteiger partial charge on any atom is -0.484 e. The summed E-state index contributed by atoms with van der Waals surface area (Å²) in [5.41, 5.74) is -3.84. The van der Waals surface area contributed by atoms with Crippen molar-refractivity contribution in [2.45, 2.75) is 143 Å². The minimum atomic E-state index is -1.30. The molecule has 4 saturated carbocycles. The van der Waals surface area contributed by atoms with Crippen LogP contribution in [0.2, 0.25) is 0 Å². The number of ether oxygens (including phenoxy) is 5. The second-order valence-corrected chi connectivity index (χ2v) is 25.4. The van der Waals surface area contributed by atoms with Gasteiger partial charge in [-0.25, -0.2) is 14.4 Å². The van der Waals surface area contributed by atoms with Crippen LogP contribution in [0.1, 0.15) is 147 Å². The lowest BCUT2D eigenvalue weighted by molar-refractivity contribution is -0.257. The van der Waals surface area contributed by atoms with Crippen LogP contribution >= 0.6 is 24.0 Å². The van der Waals surface area contributed by atoms with Gasteiger partial charge in [0.25, 0.3) is 0 Å². The Morgan fingerprint density at radius 3 is 1.55 bits per heavy atom. The molecule has 16 atom stereocenters. The fourth-order valence-electron chi connectivity index (χ4n) is 16.1. The van der Waals surface area contributed by atoms with Gasteiger partial charge < -0.3 is 47.8 Å². The average molecular weight is 1250 g/mol. The molecular formula is C64H74IN3O15. The number of benzene rings is 1. The van der Waals surface area contributed by atoms with Crippen LogP contribution in [-0.4, -0.2) is 79.8 Å². The van der Waals surface area contributed by atoms with Crippen LogP contribution in [-0.2, 0) is 23.8 Å². The quantitative estimate of drug-likeness (QED) is 0.0740. The first-order valence-corrected chi connectivity index (χ1v) is 28.3. The summed E-state index contributed by atoms with van der Waals surface area (Å²) in [7, 11) is 0. The van der Waals surface area contributed by atoms with E-state index in [2.05, 4.69) is 51.5 Å². The van der Waals surface area contributed by atoms with Gasteiger partial charge in [0.1, 0.15) is 51.5 Å². The number of halogens is 1. The highest BCUT2D eigenvalue weighted by molar-refractivity contribution is 14.0. The molecule has 4 fully saturated rings. The van der Waals surface area contributed by atoms with Crippen molar-refractivity contribution in [3.8, 4) is 40.2 Å². The van der Waals surface area contributed by atoms with E-state index in [1.165, 1.54) is 13.8 Å². The van der Waals surface area contributed by atoms with Gasteiger partial charge in [-0.15, -0.1) is 24.0 Å². The molecule has 0 spiro atoms. The molecule has 4 unspecified atom stereocenters. The van der Waals surface area contributed by atoms with Crippen LogP contribution in [0.25, 0.3) is 22.6 Å². The van der Waals surface area contributed by atoms with Crippen molar-refractivity contribution in [1.29, 1.82) is 5.26 Å². The van der Waals surface area contributed by atoms with Crippen molar-refractivity contribution >= 4 is 41.9 Å². The van der Waals surface area contributed by atoms with E-state index in [0.29, 0.717) is 36.0 Å². The number of nitriles is 1. The molecule has 4 aromatic heterocycles. The highest BCUT2D eigenvalue weighted by atomic mass is 127. The van der Waals surface area contributed by atoms with Gasteiger partial charge in [-0.3, -0.25) is 19.6 Å². The minimum absolute atomic E-state index is 0. The molecule has 11 rings (SSSR count). The molecule has 1 aromatic carbocycles. The summed E-state index contributed by atoms with van der Waals surface area (Å²) < 4.78 is 42.0. The largest absolute Gasteiger partial charge is 0.484 e. The molecule has 6 heterocycles. The summed E-state index contributed by atoms with van der Waals surface area (Å²) in [6, 6.07) is 18.4. The zero-order valence-corrected chi connectivity index (χ0v) is 50.8. The lowest BCUT2D eigenvalue weighted by Crippen LogP contribution is -2.70. The van der Waals surface area contributed by atoms with Gasteiger partial charge in [0, 0.05) is 84.6 Å². The third kappa shape index (κ3) is 10.3. The van der Waals surface area contributed by atoms with Crippen molar-refractivity contribution in [3.63, 3.8) is 0 Å². The van der Waals surface area contributed by atoms with Gasteiger partial charge in [0.05, 0.1) is 48.7 Å². The molecule has 18 nitrogen and oxygen atoms in total. The first kappa shape index (κ1) is 61.1. The number of carbonyl (C=O) groups excluding carboxylic acids is 3. The number of nitrogens with zero attached hydrogens (tertiary/aromatic N) is 3. The number of aromatic nitrogens is 2. The van der Waals surface area contributed by atoms with Crippen molar-refractivity contribution in [2.75, 3.05) is 13.2 Å². The van der Waals surface area contributed by atoms with Gasteiger partial charge >= 0.3 is 29.2 Å². The number of rotatable bonds is 8. The van der Waals surface area contributed by atoms with E-state index in [9.17, 15) is 44.6 Å². The lowest BCUT2D eigenvalue weighted by Gasteiger charge is -2.66. The first-order valence-electron chi connectivity index (χ1n) is 28.3. The van der Waals surface area contributed by atoms with E-state index in [1.807, 2.05) is 19.9 Å². The maximum atomic E-state index is 13.7. The number of aliphatic hydroxyl groups excluding tert-OH is 3. The summed E-state index contributed by atoms with van der Waals surface area (Å²) in [4.78, 5) is 72.3. The monoisotopic (exact) mass is 1250 g/mol. The SMILES string of the molecule is CC(=O)OC[C@]1(C)C2C[C@H](O)[C@@]3(C)Oc4cc(-c5cccnc5)oc(=O)c4[C@H](O)C3[C@@]2(C)CC[C@@H]1C.CC(=O)OC[C@]1(C)C2C[C@H](OC(=O)c3ccc(C#N)cc3)[C@@]3(C)Oc4cc(-c5cccnc5)oc(=O)c4[C@H](O)C3[C@@]2(C)CC[C@@H]1C.I. The number of esters is 3. The van der Waals surface area contributed by atoms with Gasteiger partial charge in [0.2, 0.25) is 0 Å². The van der Waals surface area contributed by atoms with E-state index in [-0.39, 0.29) is 113 Å². The summed E-state index contributed by atoms with van der Waals surface area (Å²) >= 11 is 0. The standard InChI is InChI=1S/C36H38N2O8.C28H35NO7.HI/c1-20-12-13-34(3)27(35(20,4)19-43-21(2)39)16-28(45-32(41)23-10-8-22(17-37)9-11-23)36(5)31(34)30(40)29-26(46-36)15-25(44-33(29)42)24-7-6-14-38-18-24;1-15-8-9-26(3)20(27(15,4)14-34-16(2)30)12-21(31)28(5)24(26)23(32)22-19(36-28)11-18(35-25(22)33)17-7-6-10-29-13-17;/h6-11,14-15,18,20,27-28,30-31,40H,12-13,16,19H2,1-5H3;6-7,10-11,13,15,20-21,23-24,31-32H,8-9,12,14H2,1-5H3;1H/t20-,27?,28-,30-,31?,34-,35-,36+;15-,20?,21-,23-,24?,26-,27-,28+;/m00./s1. The smallest absolute Gasteiger partial charge is 0.345 e. The topological polar surface area (TPSA) is 268 Å². The molecule has 0 radical (unpaired) electrons. The highest BCUT2D eigenvalue weighted by Crippen LogP contribution is 2.70. The number of hydrogen-bond acceptors (Lipinski definition) is 18. The fraction of sp³-hybridized carbons (Fsp3) is 0.531. The molecule has 19 heteroatoms. The number of hydrogen-bond donors (Lipinski definition) is 3. The van der Waals surface area contributed by atoms with Gasteiger partial charge in [0.15, 0.2) is 0 Å². The Morgan fingerprint density at radius 1 is 0.675 bits per heavy atom. The first-order chi connectivity index (χ1) is 38.7. The third-order valence-electron chi connectivity index (χ3n) is 20.9. The summed E-state index contributed by atoms with van der Waals surface area (Å²) in [6.07, 6.45) is 6.08. The second-order valence-electron chi connectivity index (χ2n) is 25.4. The maximum absolute atomic E-state index is 13.7. The Hall–Kier alpha value is -6.47. The number of aliphatic hydroxyl groups is 3. The van der Waals surface area contributed by atoms with Crippen molar-refractivity contribution < 1.29 is 62.2 Å². The van der Waals surface area contributed by atoms with Gasteiger partial charge in [-0.1, -0.05) is 41.5 Å². The maximum Gasteiger partial charge on any atom is 0.345 e. The molecule has 0 amide bonds. The lowest BCUT2D eigenvalue weighted by atomic mass is 9.41. The Labute approximate surface area is 499 Å². The van der Waals surface area contributed by atoms with Crippen molar-refractivity contribution in [3.05, 3.63) is 129 Å². The fourth-order valence-corrected chi connectivity index (χ4v) is 16.1. The molecule has 3 N–H and O–H groups in total. The molecule has 2 aliphatic heterocycles. The summed E-state index contributed by atoms with van der Waals surface area (Å²) in [6.45, 7) is 19.5. The predicted molar refractivity (Wildman–Crippen MR) is 312 cm³/mol. The molecule has 4 aliphatic carbocycles. The number of fused-ring (bicyclic) bond motifs is 8. The summed E-state index contributed by atoms with van der Waals surface area (Å²) in [5, 5.41) is 44.8. The number of carbonyl (C=O) groups is 3. The second kappa shape index (κ2) is 22.5. The van der Waals surface area contributed by atoms with Crippen LogP contribution in [0.15, 0.2) is 104 Å². The van der Waals surface area contributed by atoms with Crippen LogP contribution in [0.3, 0.4) is 0 Å². The normalized spacial score (nSPS) is 35.2. The predicted octanol–water partition coefficient (Wildman–Crippen LogP) is 10.1.